The maximum atomic E-state index is 13.5. The van der Waals surface area contributed by atoms with Crippen LogP contribution in [0.25, 0.3) is 33.4 Å². The summed E-state index contributed by atoms with van der Waals surface area (Å²) in [4.78, 5) is 27.8. The van der Waals surface area contributed by atoms with Gasteiger partial charge in [0.1, 0.15) is 17.2 Å². The van der Waals surface area contributed by atoms with Gasteiger partial charge in [-0.1, -0.05) is 25.6 Å². The zero-order chi connectivity index (χ0) is 25.2. The predicted molar refractivity (Wildman–Crippen MR) is 143 cm³/mol. The molecule has 1 aliphatic rings. The van der Waals surface area contributed by atoms with Crippen molar-refractivity contribution in [2.75, 3.05) is 27.3 Å². The van der Waals surface area contributed by atoms with Crippen LogP contribution in [0.1, 0.15) is 41.0 Å². The summed E-state index contributed by atoms with van der Waals surface area (Å²) >= 11 is 0. The lowest BCUT2D eigenvalue weighted by Crippen LogP contribution is -2.38. The summed E-state index contributed by atoms with van der Waals surface area (Å²) in [5.74, 6) is -0.252. The van der Waals surface area contributed by atoms with E-state index < -0.39 is 0 Å². The second-order valence-electron chi connectivity index (χ2n) is 8.93. The average molecular weight is 503 g/mol. The van der Waals surface area contributed by atoms with Gasteiger partial charge in [-0.3, -0.25) is 9.59 Å². The van der Waals surface area contributed by atoms with Crippen molar-refractivity contribution in [3.05, 3.63) is 83.7 Å². The molecule has 1 N–H and O–H groups in total. The summed E-state index contributed by atoms with van der Waals surface area (Å²) in [7, 11) is 3.22. The normalized spacial score (nSPS) is 15.0. The van der Waals surface area contributed by atoms with E-state index >= 15 is 0 Å². The number of likely N-dealkylation sites (tertiary alicyclic amines) is 1. The van der Waals surface area contributed by atoms with Crippen LogP contribution in [0.5, 0.6) is 0 Å². The maximum Gasteiger partial charge on any atom is 0.255 e. The first-order valence-corrected chi connectivity index (χ1v) is 11.9. The zero-order valence-electron chi connectivity index (χ0n) is 20.2. The molecule has 1 fully saturated rings. The number of methoxy groups -OCH3 is 1. The van der Waals surface area contributed by atoms with Crippen LogP contribution in [0.4, 0.5) is 4.39 Å². The highest BCUT2D eigenvalue weighted by Gasteiger charge is 2.29. The number of nitrogens with one attached hydrogen (secondary N) is 1. The quantitative estimate of drug-likeness (QED) is 0.343. The summed E-state index contributed by atoms with van der Waals surface area (Å²) in [6.45, 7) is 1.28. The summed E-state index contributed by atoms with van der Waals surface area (Å²) in [6.07, 6.45) is 1.94. The Bertz CT molecular complexity index is 1410. The third-order valence-corrected chi connectivity index (χ3v) is 6.71. The molecule has 4 aromatic rings. The Balaban J connectivity index is 0.00000320. The molecule has 2 amide bonds. The zero-order valence-corrected chi connectivity index (χ0v) is 20.2. The number of rotatable bonds is 6. The molecule has 2 heterocycles. The van der Waals surface area contributed by atoms with Crippen LogP contribution in [0.2, 0.25) is 0 Å². The van der Waals surface area contributed by atoms with Gasteiger partial charge in [0.05, 0.1) is 18.2 Å². The highest BCUT2D eigenvalue weighted by molar-refractivity contribution is 6.11. The van der Waals surface area contributed by atoms with E-state index in [1.54, 1.807) is 26.3 Å². The highest BCUT2D eigenvalue weighted by Crippen LogP contribution is 2.36. The molecule has 3 aromatic carbocycles. The highest BCUT2D eigenvalue weighted by atomic mass is 19.1. The van der Waals surface area contributed by atoms with Crippen molar-refractivity contribution in [3.63, 3.8) is 0 Å². The largest absolute Gasteiger partial charge is 0.455 e. The van der Waals surface area contributed by atoms with Crippen molar-refractivity contribution in [2.24, 2.45) is 0 Å². The second kappa shape index (κ2) is 11.0. The van der Waals surface area contributed by atoms with E-state index in [2.05, 4.69) is 5.32 Å². The first-order valence-electron chi connectivity index (χ1n) is 11.9. The molecule has 0 aliphatic carbocycles. The van der Waals surface area contributed by atoms with E-state index in [4.69, 9.17) is 9.15 Å². The molecule has 1 saturated heterocycles. The minimum atomic E-state index is -0.362. The first-order chi connectivity index (χ1) is 17.5. The van der Waals surface area contributed by atoms with Gasteiger partial charge in [0.15, 0.2) is 0 Å². The van der Waals surface area contributed by atoms with Gasteiger partial charge in [-0.15, -0.1) is 0 Å². The Kier molecular flexibility index (Phi) is 7.74. The van der Waals surface area contributed by atoms with Crippen molar-refractivity contribution < 1.29 is 23.1 Å². The third kappa shape index (κ3) is 5.00. The van der Waals surface area contributed by atoms with Crippen molar-refractivity contribution in [2.45, 2.75) is 26.3 Å². The second-order valence-corrected chi connectivity index (χ2v) is 8.93. The Labute approximate surface area is 216 Å². The molecule has 192 valence electrons. The van der Waals surface area contributed by atoms with Crippen LogP contribution < -0.4 is 5.32 Å². The van der Waals surface area contributed by atoms with E-state index in [1.165, 1.54) is 12.1 Å². The lowest BCUT2D eigenvalue weighted by atomic mass is 9.99. The molecule has 5 rings (SSSR count). The molecule has 1 aliphatic heterocycles. The molecule has 37 heavy (non-hydrogen) atoms. The number of fused-ring (bicyclic) bond motifs is 1. The molecular weight excluding hydrogens is 471 g/mol. The molecule has 6 nitrogen and oxygen atoms in total. The van der Waals surface area contributed by atoms with Gasteiger partial charge in [0, 0.05) is 37.2 Å². The topological polar surface area (TPSA) is 71.8 Å². The van der Waals surface area contributed by atoms with Gasteiger partial charge in [0.25, 0.3) is 11.8 Å². The van der Waals surface area contributed by atoms with E-state index in [1.807, 2.05) is 47.4 Å². The lowest BCUT2D eigenvalue weighted by molar-refractivity contribution is 0.0630. The maximum absolute atomic E-state index is 13.5. The number of carbonyl (C=O) groups is 2. The van der Waals surface area contributed by atoms with E-state index in [0.717, 1.165) is 30.5 Å². The Hall–Kier alpha value is -3.97. The number of nitrogens with zero attached hydrogens (tertiary/aromatic N) is 1. The van der Waals surface area contributed by atoms with Gasteiger partial charge in [-0.05, 0) is 72.5 Å². The van der Waals surface area contributed by atoms with Gasteiger partial charge in [-0.25, -0.2) is 4.39 Å². The van der Waals surface area contributed by atoms with Gasteiger partial charge >= 0.3 is 0 Å². The number of ether oxygens (including phenoxy) is 1. The summed E-state index contributed by atoms with van der Waals surface area (Å²) < 4.78 is 24.8. The van der Waals surface area contributed by atoms with Crippen LogP contribution in [-0.2, 0) is 4.74 Å². The number of halogens is 1. The first kappa shape index (κ1) is 26.1. The van der Waals surface area contributed by atoms with E-state index in [9.17, 15) is 14.0 Å². The van der Waals surface area contributed by atoms with Crippen LogP contribution in [0.3, 0.4) is 0 Å². The fraction of sp³-hybridized carbons (Fsp3) is 0.267. The molecular formula is C30H31FN2O4. The van der Waals surface area contributed by atoms with Gasteiger partial charge in [-0.2, -0.15) is 0 Å². The minimum Gasteiger partial charge on any atom is -0.455 e. The number of hydrogen-bond acceptors (Lipinski definition) is 4. The van der Waals surface area contributed by atoms with E-state index in [0.29, 0.717) is 40.0 Å². The smallest absolute Gasteiger partial charge is 0.255 e. The van der Waals surface area contributed by atoms with Crippen LogP contribution in [-0.4, -0.2) is 50.1 Å². The molecule has 0 unspecified atom stereocenters. The van der Waals surface area contributed by atoms with Crippen molar-refractivity contribution in [1.82, 2.24) is 10.2 Å². The molecule has 0 spiro atoms. The van der Waals surface area contributed by atoms with Crippen LogP contribution in [0, 0.1) is 5.82 Å². The lowest BCUT2D eigenvalue weighted by Gasteiger charge is -2.24. The summed E-state index contributed by atoms with van der Waals surface area (Å²) in [5, 5.41) is 3.33. The fourth-order valence-electron chi connectivity index (χ4n) is 4.87. The van der Waals surface area contributed by atoms with Crippen LogP contribution in [0.15, 0.2) is 71.1 Å². The van der Waals surface area contributed by atoms with Crippen molar-refractivity contribution in [1.29, 1.82) is 0 Å². The van der Waals surface area contributed by atoms with Crippen molar-refractivity contribution in [3.8, 4) is 22.5 Å². The van der Waals surface area contributed by atoms with Gasteiger partial charge < -0.3 is 19.4 Å². The van der Waals surface area contributed by atoms with Crippen LogP contribution >= 0.6 is 0 Å². The Morgan fingerprint density at radius 2 is 1.70 bits per heavy atom. The molecule has 1 atom stereocenters. The third-order valence-electron chi connectivity index (χ3n) is 6.71. The number of benzene rings is 3. The number of furan rings is 1. The number of amides is 2. The summed E-state index contributed by atoms with van der Waals surface area (Å²) in [5.41, 5.74) is 4.00. The molecule has 0 radical (unpaired) electrons. The summed E-state index contributed by atoms with van der Waals surface area (Å²) in [6, 6.07) is 19.1. The average Bonchev–Trinajstić information content (AvgIpc) is 3.53. The minimum absolute atomic E-state index is 0. The van der Waals surface area contributed by atoms with Crippen molar-refractivity contribution >= 4 is 22.8 Å². The predicted octanol–water partition coefficient (Wildman–Crippen LogP) is 6.15. The monoisotopic (exact) mass is 502 g/mol. The molecule has 7 heteroatoms. The molecule has 1 aromatic heterocycles. The SMILES string of the molecule is C.CNC(=O)c1c(-c2ccc(F)cc2)oc2ccc(-c3ccc(C(=O)N4CCC[C@@H]4COC)cc3)cc12. The molecule has 0 bridgehead atoms. The Morgan fingerprint density at radius 1 is 1.03 bits per heavy atom. The van der Waals surface area contributed by atoms with Gasteiger partial charge in [0.2, 0.25) is 0 Å². The Morgan fingerprint density at radius 3 is 2.38 bits per heavy atom. The standard InChI is InChI=1S/C29H27FN2O4.CH4/c1-31-28(33)26-24-16-21(11-14-25(24)36-27(26)19-9-12-22(30)13-10-19)18-5-7-20(8-6-18)29(34)32-15-3-4-23(32)17-35-2;/h5-14,16,23H,3-4,15,17H2,1-2H3,(H,31,33);1H4/t23-;/m1./s1. The van der Waals surface area contributed by atoms with E-state index in [-0.39, 0.29) is 31.1 Å². The molecule has 0 saturated carbocycles. The number of hydrogen-bond donors (Lipinski definition) is 1. The fourth-order valence-corrected chi connectivity index (χ4v) is 4.87. The number of carbonyl (C=O) groups excluding carboxylic acids is 2.